The van der Waals surface area contributed by atoms with Gasteiger partial charge >= 0.3 is 0 Å². The number of anilines is 2. The van der Waals surface area contributed by atoms with E-state index in [2.05, 4.69) is 5.32 Å². The minimum absolute atomic E-state index is 0.237. The molecule has 0 spiro atoms. The van der Waals surface area contributed by atoms with Gasteiger partial charge in [-0.15, -0.1) is 0 Å². The molecule has 5 heteroatoms. The monoisotopic (exact) mass is 226 g/mol. The molecule has 4 nitrogen and oxygen atoms in total. The zero-order valence-electron chi connectivity index (χ0n) is 8.74. The van der Waals surface area contributed by atoms with Crippen molar-refractivity contribution in [3.63, 3.8) is 0 Å². The van der Waals surface area contributed by atoms with Crippen molar-refractivity contribution in [1.82, 2.24) is 0 Å². The van der Waals surface area contributed by atoms with Crippen LogP contribution >= 0.6 is 0 Å². The molecule has 2 rings (SSSR count). The molecule has 0 fully saturated rings. The minimum Gasteiger partial charge on any atom is -0.398 e. The third-order valence-corrected chi connectivity index (χ3v) is 5.34. The first-order chi connectivity index (χ1) is 6.86. The Morgan fingerprint density at radius 2 is 2.07 bits per heavy atom. The van der Waals surface area contributed by atoms with Crippen LogP contribution in [0, 0.1) is 0 Å². The topological polar surface area (TPSA) is 72.2 Å². The SMILES string of the molecule is CC1(C)CNc2cccc(N)c2S1(=O)=O. The summed E-state index contributed by atoms with van der Waals surface area (Å²) in [6, 6.07) is 5.09. The molecular weight excluding hydrogens is 212 g/mol. The van der Waals surface area contributed by atoms with Gasteiger partial charge in [-0.05, 0) is 26.0 Å². The maximum atomic E-state index is 12.2. The van der Waals surface area contributed by atoms with Gasteiger partial charge in [-0.1, -0.05) is 6.07 Å². The van der Waals surface area contributed by atoms with Gasteiger partial charge in [-0.25, -0.2) is 8.42 Å². The van der Waals surface area contributed by atoms with E-state index < -0.39 is 14.6 Å². The molecule has 0 radical (unpaired) electrons. The third-order valence-electron chi connectivity index (χ3n) is 2.75. The minimum atomic E-state index is -3.34. The number of rotatable bonds is 0. The van der Waals surface area contributed by atoms with E-state index in [1.807, 2.05) is 0 Å². The van der Waals surface area contributed by atoms with Crippen molar-refractivity contribution in [2.75, 3.05) is 17.6 Å². The summed E-state index contributed by atoms with van der Waals surface area (Å²) in [5, 5.41) is 3.09. The number of nitrogen functional groups attached to an aromatic ring is 1. The summed E-state index contributed by atoms with van der Waals surface area (Å²) in [4.78, 5) is 0.237. The van der Waals surface area contributed by atoms with Crippen molar-refractivity contribution >= 4 is 21.2 Å². The fraction of sp³-hybridized carbons (Fsp3) is 0.400. The highest BCUT2D eigenvalue weighted by Gasteiger charge is 2.41. The third kappa shape index (κ3) is 1.30. The fourth-order valence-corrected chi connectivity index (χ4v) is 3.30. The van der Waals surface area contributed by atoms with Crippen LogP contribution in [0.2, 0.25) is 0 Å². The number of hydrogen-bond acceptors (Lipinski definition) is 4. The molecule has 0 bridgehead atoms. The lowest BCUT2D eigenvalue weighted by molar-refractivity contribution is 0.549. The lowest BCUT2D eigenvalue weighted by Crippen LogP contribution is -2.43. The Kier molecular flexibility index (Phi) is 1.98. The molecule has 3 N–H and O–H groups in total. The van der Waals surface area contributed by atoms with Crippen LogP contribution in [0.1, 0.15) is 13.8 Å². The smallest absolute Gasteiger partial charge is 0.189 e. The Balaban J connectivity index is 2.78. The second-order valence-electron chi connectivity index (χ2n) is 4.34. The van der Waals surface area contributed by atoms with Crippen LogP contribution in [0.15, 0.2) is 23.1 Å². The second kappa shape index (κ2) is 2.88. The summed E-state index contributed by atoms with van der Waals surface area (Å²) in [5.74, 6) is 0. The van der Waals surface area contributed by atoms with E-state index >= 15 is 0 Å². The van der Waals surface area contributed by atoms with Gasteiger partial charge in [-0.3, -0.25) is 0 Å². The van der Waals surface area contributed by atoms with Crippen LogP contribution < -0.4 is 11.1 Å². The zero-order chi connectivity index (χ0) is 11.3. The number of hydrogen-bond donors (Lipinski definition) is 2. The molecule has 1 aliphatic heterocycles. The van der Waals surface area contributed by atoms with Crippen LogP contribution in [-0.4, -0.2) is 19.7 Å². The van der Waals surface area contributed by atoms with Crippen molar-refractivity contribution in [2.24, 2.45) is 0 Å². The fourth-order valence-electron chi connectivity index (χ4n) is 1.67. The molecule has 0 aromatic heterocycles. The summed E-state index contributed by atoms with van der Waals surface area (Å²) in [6.07, 6.45) is 0. The average molecular weight is 226 g/mol. The summed E-state index contributed by atoms with van der Waals surface area (Å²) >= 11 is 0. The summed E-state index contributed by atoms with van der Waals surface area (Å²) in [6.45, 7) is 3.81. The first kappa shape index (κ1) is 10.3. The lowest BCUT2D eigenvalue weighted by atomic mass is 10.2. The molecule has 0 unspecified atom stereocenters. The van der Waals surface area contributed by atoms with Crippen LogP contribution in [-0.2, 0) is 9.84 Å². The number of benzene rings is 1. The van der Waals surface area contributed by atoms with Crippen molar-refractivity contribution in [3.8, 4) is 0 Å². The lowest BCUT2D eigenvalue weighted by Gasteiger charge is -2.32. The predicted octanol–water partition coefficient (Wildman–Crippen LogP) is 1.25. The standard InChI is InChI=1S/C10H14N2O2S/c1-10(2)6-12-8-5-3-4-7(11)9(8)15(10,13)14/h3-5,12H,6,11H2,1-2H3. The van der Waals surface area contributed by atoms with Crippen LogP contribution in [0.5, 0.6) is 0 Å². The van der Waals surface area contributed by atoms with Gasteiger partial charge in [0, 0.05) is 6.54 Å². The largest absolute Gasteiger partial charge is 0.398 e. The highest BCUT2D eigenvalue weighted by atomic mass is 32.2. The van der Waals surface area contributed by atoms with Crippen LogP contribution in [0.4, 0.5) is 11.4 Å². The first-order valence-electron chi connectivity index (χ1n) is 4.73. The Morgan fingerprint density at radius 3 is 2.73 bits per heavy atom. The number of nitrogens with two attached hydrogens (primary N) is 1. The molecule has 0 amide bonds. The zero-order valence-corrected chi connectivity index (χ0v) is 9.56. The number of fused-ring (bicyclic) bond motifs is 1. The van der Waals surface area contributed by atoms with Gasteiger partial charge in [0.25, 0.3) is 0 Å². The van der Waals surface area contributed by atoms with Gasteiger partial charge in [0.05, 0.1) is 16.1 Å². The Bertz CT molecular complexity index is 506. The van der Waals surface area contributed by atoms with E-state index in [-0.39, 0.29) is 4.90 Å². The quantitative estimate of drug-likeness (QED) is 0.653. The van der Waals surface area contributed by atoms with E-state index in [1.165, 1.54) is 0 Å². The number of nitrogens with one attached hydrogen (secondary N) is 1. The maximum absolute atomic E-state index is 12.2. The molecular formula is C10H14N2O2S. The molecule has 0 saturated carbocycles. The van der Waals surface area contributed by atoms with Crippen molar-refractivity contribution in [1.29, 1.82) is 0 Å². The Hall–Kier alpha value is -1.23. The van der Waals surface area contributed by atoms with E-state index in [0.717, 1.165) is 0 Å². The first-order valence-corrected chi connectivity index (χ1v) is 6.21. The molecule has 82 valence electrons. The van der Waals surface area contributed by atoms with Crippen LogP contribution in [0.25, 0.3) is 0 Å². The van der Waals surface area contributed by atoms with E-state index in [9.17, 15) is 8.42 Å². The van der Waals surface area contributed by atoms with Crippen molar-refractivity contribution in [2.45, 2.75) is 23.5 Å². The van der Waals surface area contributed by atoms with E-state index in [4.69, 9.17) is 5.73 Å². The highest BCUT2D eigenvalue weighted by molar-refractivity contribution is 7.93. The summed E-state index contributed by atoms with van der Waals surface area (Å²) < 4.78 is 23.6. The molecule has 0 aliphatic carbocycles. The maximum Gasteiger partial charge on any atom is 0.189 e. The van der Waals surface area contributed by atoms with E-state index in [1.54, 1.807) is 32.0 Å². The molecule has 15 heavy (non-hydrogen) atoms. The average Bonchev–Trinajstić information content (AvgIpc) is 2.12. The summed E-state index contributed by atoms with van der Waals surface area (Å²) in [7, 11) is -3.34. The molecule has 0 saturated heterocycles. The van der Waals surface area contributed by atoms with Gasteiger partial charge < -0.3 is 11.1 Å². The number of sulfone groups is 1. The Labute approximate surface area is 89.4 Å². The molecule has 0 atom stereocenters. The van der Waals surface area contributed by atoms with Gasteiger partial charge in [0.15, 0.2) is 9.84 Å². The highest BCUT2D eigenvalue weighted by Crippen LogP contribution is 2.38. The molecule has 1 aromatic rings. The molecule has 1 aromatic carbocycles. The van der Waals surface area contributed by atoms with Crippen molar-refractivity contribution in [3.05, 3.63) is 18.2 Å². The Morgan fingerprint density at radius 1 is 1.40 bits per heavy atom. The summed E-state index contributed by atoms with van der Waals surface area (Å²) in [5.41, 5.74) is 6.64. The van der Waals surface area contributed by atoms with E-state index in [0.29, 0.717) is 17.9 Å². The normalized spacial score (nSPS) is 21.5. The second-order valence-corrected chi connectivity index (χ2v) is 6.86. The molecule has 1 aliphatic rings. The van der Waals surface area contributed by atoms with Crippen molar-refractivity contribution < 1.29 is 8.42 Å². The van der Waals surface area contributed by atoms with Gasteiger partial charge in [-0.2, -0.15) is 0 Å². The molecule has 1 heterocycles. The van der Waals surface area contributed by atoms with Gasteiger partial charge in [0.1, 0.15) is 4.90 Å². The van der Waals surface area contributed by atoms with Crippen LogP contribution in [0.3, 0.4) is 0 Å². The predicted molar refractivity (Wildman–Crippen MR) is 60.6 cm³/mol. The van der Waals surface area contributed by atoms with Gasteiger partial charge in [0.2, 0.25) is 0 Å².